The molecule has 0 saturated carbocycles. The van der Waals surface area contributed by atoms with Crippen LogP contribution in [0, 0.1) is 10.2 Å². The molecule has 0 saturated heterocycles. The van der Waals surface area contributed by atoms with E-state index in [0.717, 1.165) is 13.1 Å². The van der Waals surface area contributed by atoms with E-state index in [1.165, 1.54) is 18.5 Å². The van der Waals surface area contributed by atoms with Crippen molar-refractivity contribution in [2.24, 2.45) is 0 Å². The second kappa shape index (κ2) is 9.13. The van der Waals surface area contributed by atoms with Gasteiger partial charge >= 0.3 is 0 Å². The average molecular weight is 278 g/mol. The number of halogens is 1. The maximum Gasteiger partial charge on any atom is 0.0777 e. The summed E-state index contributed by atoms with van der Waals surface area (Å²) in [7, 11) is -4.69. The smallest absolute Gasteiger partial charge is 0.0777 e. The molecule has 1 aromatic carbocycles. The fraction of sp³-hybridized carbons (Fsp3) is 0.500. The third-order valence-electron chi connectivity index (χ3n) is 2.11. The van der Waals surface area contributed by atoms with E-state index in [1.54, 1.807) is 0 Å². The van der Waals surface area contributed by atoms with Crippen LogP contribution in [0.2, 0.25) is 0 Å². The van der Waals surface area contributed by atoms with Gasteiger partial charge in [0.2, 0.25) is 0 Å². The van der Waals surface area contributed by atoms with Crippen molar-refractivity contribution in [2.45, 2.75) is 26.7 Å². The third-order valence-corrected chi connectivity index (χ3v) is 2.11. The van der Waals surface area contributed by atoms with Gasteiger partial charge in [-0.25, -0.2) is 0 Å². The standard InChI is InChI=1S/C12H19N.ClHO4/c1-3-10-13(11-4-2)12-8-6-5-7-9-12;2-1(3,4)5/h5-9H,3-4,10-11H2,1-2H3;(H,2,3,4,5). The van der Waals surface area contributed by atoms with E-state index in [2.05, 4.69) is 49.1 Å². The Balaban J connectivity index is 0.000000494. The third kappa shape index (κ3) is 10.3. The molecule has 0 spiro atoms. The number of para-hydroxylation sites is 1. The summed E-state index contributed by atoms with van der Waals surface area (Å²) in [6.07, 6.45) is 2.43. The lowest BCUT2D eigenvalue weighted by Gasteiger charge is -2.23. The molecule has 0 atom stereocenters. The summed E-state index contributed by atoms with van der Waals surface area (Å²) in [6, 6.07) is 10.7. The lowest BCUT2D eigenvalue weighted by atomic mass is 10.2. The fourth-order valence-electron chi connectivity index (χ4n) is 1.55. The monoisotopic (exact) mass is 277 g/mol. The van der Waals surface area contributed by atoms with E-state index >= 15 is 0 Å². The van der Waals surface area contributed by atoms with Crippen molar-refractivity contribution in [3.63, 3.8) is 0 Å². The normalized spacial score (nSPS) is 10.6. The maximum atomic E-state index is 8.60. The Kier molecular flexibility index (Phi) is 8.70. The Labute approximate surface area is 110 Å². The van der Waals surface area contributed by atoms with Gasteiger partial charge in [-0.3, -0.25) is 0 Å². The van der Waals surface area contributed by atoms with Crippen LogP contribution in [0.5, 0.6) is 0 Å². The molecule has 1 N–H and O–H groups in total. The SMILES string of the molecule is CCCN(CCC)c1ccccc1.[O-][Cl+3]([O-])([O-])O. The zero-order valence-electron chi connectivity index (χ0n) is 10.7. The highest BCUT2D eigenvalue weighted by Gasteiger charge is 2.01. The van der Waals surface area contributed by atoms with Crippen molar-refractivity contribution < 1.29 is 28.9 Å². The van der Waals surface area contributed by atoms with Crippen LogP contribution in [0.15, 0.2) is 30.3 Å². The molecular weight excluding hydrogens is 258 g/mol. The van der Waals surface area contributed by atoms with Gasteiger partial charge in [-0.05, 0) is 25.0 Å². The minimum atomic E-state index is -4.69. The van der Waals surface area contributed by atoms with Crippen LogP contribution in [-0.2, 0) is 0 Å². The molecule has 0 unspecified atom stereocenters. The first-order valence-electron chi connectivity index (χ1n) is 5.81. The summed E-state index contributed by atoms with van der Waals surface area (Å²) in [6.45, 7) is 6.78. The van der Waals surface area contributed by atoms with Gasteiger partial charge in [0.15, 0.2) is 0 Å². The average Bonchev–Trinajstić information content (AvgIpc) is 2.28. The molecule has 0 bridgehead atoms. The molecule has 0 radical (unpaired) electrons. The predicted octanol–water partition coefficient (Wildman–Crippen LogP) is -0.811. The van der Waals surface area contributed by atoms with Crippen molar-refractivity contribution in [3.05, 3.63) is 30.3 Å². The van der Waals surface area contributed by atoms with E-state index in [4.69, 9.17) is 18.6 Å². The van der Waals surface area contributed by atoms with Gasteiger partial charge in [-0.1, -0.05) is 32.0 Å². The molecule has 0 heterocycles. The van der Waals surface area contributed by atoms with Gasteiger partial charge in [0.1, 0.15) is 0 Å². The maximum absolute atomic E-state index is 8.60. The second-order valence-corrected chi connectivity index (χ2v) is 4.51. The van der Waals surface area contributed by atoms with Gasteiger partial charge < -0.3 is 4.90 Å². The minimum Gasteiger partial charge on any atom is -0.372 e. The molecule has 18 heavy (non-hydrogen) atoms. The first-order chi connectivity index (χ1) is 8.38. The molecule has 0 amide bonds. The van der Waals surface area contributed by atoms with E-state index in [9.17, 15) is 0 Å². The van der Waals surface area contributed by atoms with E-state index in [-0.39, 0.29) is 0 Å². The molecule has 5 nitrogen and oxygen atoms in total. The van der Waals surface area contributed by atoms with Crippen molar-refractivity contribution in [2.75, 3.05) is 18.0 Å². The van der Waals surface area contributed by atoms with Crippen LogP contribution in [0.25, 0.3) is 0 Å². The van der Waals surface area contributed by atoms with Crippen molar-refractivity contribution in [3.8, 4) is 0 Å². The predicted molar refractivity (Wildman–Crippen MR) is 61.5 cm³/mol. The molecule has 0 aliphatic heterocycles. The summed E-state index contributed by atoms with van der Waals surface area (Å²) in [5.74, 6) is 0. The Morgan fingerprint density at radius 2 is 1.39 bits per heavy atom. The number of nitrogens with zero attached hydrogens (tertiary/aromatic N) is 1. The van der Waals surface area contributed by atoms with E-state index < -0.39 is 10.2 Å². The highest BCUT2D eigenvalue weighted by molar-refractivity contribution is 5.45. The number of hydrogen-bond donors (Lipinski definition) is 1. The lowest BCUT2D eigenvalue weighted by molar-refractivity contribution is -1.92. The highest BCUT2D eigenvalue weighted by Crippen LogP contribution is 2.13. The molecule has 0 fully saturated rings. The van der Waals surface area contributed by atoms with Crippen LogP contribution >= 0.6 is 0 Å². The lowest BCUT2D eigenvalue weighted by Crippen LogP contribution is -2.58. The molecule has 0 aromatic heterocycles. The van der Waals surface area contributed by atoms with Gasteiger partial charge in [-0.15, -0.1) is 0 Å². The van der Waals surface area contributed by atoms with Crippen LogP contribution < -0.4 is 18.9 Å². The van der Waals surface area contributed by atoms with E-state index in [1.807, 2.05) is 0 Å². The fourth-order valence-corrected chi connectivity index (χ4v) is 1.55. The van der Waals surface area contributed by atoms with Crippen molar-refractivity contribution >= 4 is 5.69 Å². The largest absolute Gasteiger partial charge is 0.372 e. The first kappa shape index (κ1) is 17.2. The second-order valence-electron chi connectivity index (χ2n) is 3.72. The van der Waals surface area contributed by atoms with Crippen LogP contribution in [0.4, 0.5) is 5.69 Å². The first-order valence-corrected chi connectivity index (χ1v) is 7.08. The number of benzene rings is 1. The van der Waals surface area contributed by atoms with Crippen LogP contribution in [0.1, 0.15) is 26.7 Å². The Morgan fingerprint density at radius 1 is 1.00 bits per heavy atom. The quantitative estimate of drug-likeness (QED) is 0.760. The minimum absolute atomic E-state index is 1.16. The van der Waals surface area contributed by atoms with Gasteiger partial charge in [0, 0.05) is 18.8 Å². The molecular formula is C12H20ClNO4. The molecule has 1 rings (SSSR count). The summed E-state index contributed by atoms with van der Waals surface area (Å²) >= 11 is 0. The Bertz CT molecular complexity index is 291. The molecule has 6 heteroatoms. The molecule has 0 aliphatic rings. The summed E-state index contributed by atoms with van der Waals surface area (Å²) in [5.41, 5.74) is 1.35. The Morgan fingerprint density at radius 3 is 1.72 bits per heavy atom. The molecule has 0 aliphatic carbocycles. The van der Waals surface area contributed by atoms with E-state index in [0.29, 0.717) is 0 Å². The van der Waals surface area contributed by atoms with Crippen molar-refractivity contribution in [1.29, 1.82) is 0 Å². The summed E-state index contributed by atoms with van der Waals surface area (Å²) < 4.78 is 32.7. The topological polar surface area (TPSA) is 92.7 Å². The Hall–Kier alpha value is -0.850. The molecule has 1 aromatic rings. The van der Waals surface area contributed by atoms with Crippen LogP contribution in [-0.4, -0.2) is 17.7 Å². The number of hydrogen-bond acceptors (Lipinski definition) is 5. The summed E-state index contributed by atoms with van der Waals surface area (Å²) in [4.78, 5) is 2.44. The van der Waals surface area contributed by atoms with Gasteiger partial charge in [0.25, 0.3) is 0 Å². The zero-order chi connectivity index (χ0) is 14.0. The summed E-state index contributed by atoms with van der Waals surface area (Å²) in [5, 5.41) is 0. The van der Waals surface area contributed by atoms with Crippen molar-refractivity contribution in [1.82, 2.24) is 0 Å². The zero-order valence-corrected chi connectivity index (χ0v) is 11.5. The molecule has 104 valence electrons. The number of rotatable bonds is 5. The highest BCUT2D eigenvalue weighted by atomic mass is 35.7. The number of anilines is 1. The van der Waals surface area contributed by atoms with Gasteiger partial charge in [0.05, 0.1) is 14.9 Å². The van der Waals surface area contributed by atoms with Crippen LogP contribution in [0.3, 0.4) is 0 Å². The van der Waals surface area contributed by atoms with Gasteiger partial charge in [-0.2, -0.15) is 14.0 Å².